The van der Waals surface area contributed by atoms with Crippen LogP contribution < -0.4 is 20.9 Å². The quantitative estimate of drug-likeness (QED) is 0.489. The normalized spacial score (nSPS) is 18.6. The fourth-order valence-corrected chi connectivity index (χ4v) is 5.90. The maximum absolute atomic E-state index is 13.7. The van der Waals surface area contributed by atoms with Crippen LogP contribution in [0.1, 0.15) is 53.5 Å². The number of sulfonamides is 1. The molecule has 1 aromatic carbocycles. The van der Waals surface area contributed by atoms with Gasteiger partial charge in [-0.15, -0.1) is 0 Å². The van der Waals surface area contributed by atoms with Crippen LogP contribution in [0.2, 0.25) is 0 Å². The van der Waals surface area contributed by atoms with Crippen LogP contribution in [0.15, 0.2) is 27.8 Å². The molecule has 1 aromatic heterocycles. The number of anilines is 2. The van der Waals surface area contributed by atoms with E-state index in [2.05, 4.69) is 35.6 Å². The molecule has 0 radical (unpaired) electrons. The molecule has 35 heavy (non-hydrogen) atoms. The molecule has 3 rings (SSSR count). The highest BCUT2D eigenvalue weighted by atomic mass is 32.2. The third-order valence-corrected chi connectivity index (χ3v) is 7.94. The molecular formula is C22H34N5O6PS. The minimum absolute atomic E-state index is 0.0504. The number of amidine groups is 1. The van der Waals surface area contributed by atoms with Gasteiger partial charge < -0.3 is 14.9 Å². The van der Waals surface area contributed by atoms with Gasteiger partial charge in [-0.25, -0.2) is 17.8 Å². The van der Waals surface area contributed by atoms with Crippen LogP contribution in [0, 0.1) is 5.41 Å². The first-order valence-electron chi connectivity index (χ1n) is 11.1. The molecule has 0 saturated heterocycles. The Balaban J connectivity index is 2.18. The summed E-state index contributed by atoms with van der Waals surface area (Å²) < 4.78 is 51.7. The lowest BCUT2D eigenvalue weighted by Gasteiger charge is -2.27. The van der Waals surface area contributed by atoms with Crippen LogP contribution in [0.4, 0.5) is 11.4 Å². The summed E-state index contributed by atoms with van der Waals surface area (Å²) >= 11 is 0. The van der Waals surface area contributed by atoms with Gasteiger partial charge in [0.15, 0.2) is 5.84 Å². The highest BCUT2D eigenvalue weighted by Crippen LogP contribution is 2.51. The fraction of sp³-hybridized carbons (Fsp3) is 0.545. The minimum Gasteiger partial charge on any atom is -0.493 e. The Labute approximate surface area is 205 Å². The van der Waals surface area contributed by atoms with E-state index in [9.17, 15) is 22.9 Å². The van der Waals surface area contributed by atoms with Gasteiger partial charge in [0.05, 0.1) is 22.8 Å². The molecule has 2 heterocycles. The van der Waals surface area contributed by atoms with E-state index in [0.717, 1.165) is 6.26 Å². The smallest absolute Gasteiger partial charge is 0.348 e. The number of rotatable bonds is 6. The summed E-state index contributed by atoms with van der Waals surface area (Å²) in [5.74, 6) is -0.384. The number of aromatic nitrogens is 2. The van der Waals surface area contributed by atoms with E-state index in [0.29, 0.717) is 18.7 Å². The van der Waals surface area contributed by atoms with Crippen molar-refractivity contribution in [3.63, 3.8) is 0 Å². The van der Waals surface area contributed by atoms with E-state index in [1.54, 1.807) is 0 Å². The van der Waals surface area contributed by atoms with Crippen molar-refractivity contribution in [1.29, 1.82) is 0 Å². The van der Waals surface area contributed by atoms with Gasteiger partial charge in [-0.3, -0.25) is 14.1 Å². The maximum atomic E-state index is 13.7. The maximum Gasteiger partial charge on any atom is 0.348 e. The molecule has 0 fully saturated rings. The topological polar surface area (TPSA) is 144 Å². The number of aromatic hydroxyl groups is 1. The third-order valence-electron chi connectivity index (χ3n) is 5.40. The number of hydrogen-bond acceptors (Lipinski definition) is 7. The van der Waals surface area contributed by atoms with Gasteiger partial charge in [-0.1, -0.05) is 20.8 Å². The van der Waals surface area contributed by atoms with Crippen LogP contribution in [0.3, 0.4) is 0 Å². The van der Waals surface area contributed by atoms with E-state index < -0.39 is 28.6 Å². The predicted octanol–water partition coefficient (Wildman–Crippen LogP) is 3.26. The van der Waals surface area contributed by atoms with Gasteiger partial charge in [0, 0.05) is 19.3 Å². The summed E-state index contributed by atoms with van der Waals surface area (Å²) in [5.41, 5.74) is -0.767. The van der Waals surface area contributed by atoms with Crippen molar-refractivity contribution in [3.8, 4) is 5.88 Å². The zero-order valence-electron chi connectivity index (χ0n) is 21.3. The molecule has 2 aromatic rings. The van der Waals surface area contributed by atoms with Gasteiger partial charge >= 0.3 is 7.52 Å². The molecule has 1 aliphatic heterocycles. The number of nitrogens with zero attached hydrogens (tertiary/aromatic N) is 3. The van der Waals surface area contributed by atoms with E-state index in [1.807, 2.05) is 20.8 Å². The minimum atomic E-state index is -3.90. The second-order valence-corrected chi connectivity index (χ2v) is 14.6. The van der Waals surface area contributed by atoms with Crippen LogP contribution >= 0.6 is 7.52 Å². The average molecular weight is 528 g/mol. The molecule has 1 unspecified atom stereocenters. The first kappa shape index (κ1) is 27.0. The Morgan fingerprint density at radius 3 is 2.34 bits per heavy atom. The number of fused-ring (bicyclic) bond motifs is 1. The summed E-state index contributed by atoms with van der Waals surface area (Å²) in [6.45, 7) is 12.2. The van der Waals surface area contributed by atoms with Crippen molar-refractivity contribution >= 4 is 40.1 Å². The zero-order valence-corrected chi connectivity index (χ0v) is 23.0. The average Bonchev–Trinajstić information content (AvgIpc) is 2.94. The predicted molar refractivity (Wildman–Crippen MR) is 139 cm³/mol. The summed E-state index contributed by atoms with van der Waals surface area (Å²) in [4.78, 5) is 13.5. The number of nitrogens with one attached hydrogen (secondary N) is 2. The van der Waals surface area contributed by atoms with E-state index >= 15 is 0 Å². The monoisotopic (exact) mass is 527 g/mol. The van der Waals surface area contributed by atoms with E-state index in [1.165, 1.54) is 34.7 Å². The van der Waals surface area contributed by atoms with Gasteiger partial charge in [-0.05, 0) is 50.8 Å². The summed E-state index contributed by atoms with van der Waals surface area (Å²) in [5, 5.41) is 14.3. The van der Waals surface area contributed by atoms with E-state index in [4.69, 9.17) is 4.52 Å². The number of hydrogen-bond donors (Lipinski definition) is 3. The van der Waals surface area contributed by atoms with Crippen LogP contribution in [-0.2, 0) is 31.2 Å². The van der Waals surface area contributed by atoms with Crippen molar-refractivity contribution in [1.82, 2.24) is 9.36 Å². The van der Waals surface area contributed by atoms with E-state index in [-0.39, 0.29) is 33.7 Å². The van der Waals surface area contributed by atoms with Crippen LogP contribution in [0.25, 0.3) is 0 Å². The Morgan fingerprint density at radius 2 is 1.83 bits per heavy atom. The first-order chi connectivity index (χ1) is 15.9. The Kier molecular flexibility index (Phi) is 6.82. The summed E-state index contributed by atoms with van der Waals surface area (Å²) in [6, 6.07) is 4.37. The highest BCUT2D eigenvalue weighted by Gasteiger charge is 2.37. The Bertz CT molecular complexity index is 1390. The lowest BCUT2D eigenvalue weighted by molar-refractivity contribution is 0.228. The van der Waals surface area contributed by atoms with Crippen LogP contribution in [-0.4, -0.2) is 42.1 Å². The molecule has 194 valence electrons. The van der Waals surface area contributed by atoms with Crippen molar-refractivity contribution < 1.29 is 22.6 Å². The largest absolute Gasteiger partial charge is 0.493 e. The Morgan fingerprint density at radius 1 is 1.20 bits per heavy atom. The van der Waals surface area contributed by atoms with Gasteiger partial charge in [0.2, 0.25) is 15.9 Å². The van der Waals surface area contributed by atoms with Gasteiger partial charge in [0.1, 0.15) is 5.56 Å². The van der Waals surface area contributed by atoms with Crippen molar-refractivity contribution in [2.45, 2.75) is 60.0 Å². The molecule has 0 spiro atoms. The molecule has 0 bridgehead atoms. The fourth-order valence-electron chi connectivity index (χ4n) is 3.80. The second-order valence-electron chi connectivity index (χ2n) is 10.8. The summed E-state index contributed by atoms with van der Waals surface area (Å²) in [6.07, 6.45) is 1.69. The molecule has 11 nitrogen and oxygen atoms in total. The number of benzene rings is 1. The third kappa shape index (κ3) is 5.65. The molecule has 13 heteroatoms. The highest BCUT2D eigenvalue weighted by molar-refractivity contribution is 7.92. The molecule has 0 aliphatic carbocycles. The van der Waals surface area contributed by atoms with Crippen LogP contribution in [0.5, 0.6) is 5.88 Å². The first-order valence-corrected chi connectivity index (χ1v) is 14.5. The SMILES string of the molecule is COP1(=O)N=C(c2c(O)n(C(C)(C)C)n(CCC(C)(C)C)c2=O)Nc2ccc(NS(C)(=O)=O)cc21. The molecule has 3 N–H and O–H groups in total. The molecule has 1 atom stereocenters. The van der Waals surface area contributed by atoms with Crippen molar-refractivity contribution in [2.75, 3.05) is 23.4 Å². The lowest BCUT2D eigenvalue weighted by Crippen LogP contribution is -2.35. The Hall–Kier alpha value is -2.56. The standard InChI is InChI=1S/C22H34N5O6PS/c1-21(2,3)11-12-26-19(28)17(20(29)27(26)22(4,5)6)18-23-15-10-9-14(25-35(8,31)32)13-16(15)34(30,24-18)33-7/h9-10,13,25,29H,11-12H2,1-8H3,(H,23,24,30). The van der Waals surface area contributed by atoms with Crippen molar-refractivity contribution in [3.05, 3.63) is 34.1 Å². The summed E-state index contributed by atoms with van der Waals surface area (Å²) in [7, 11) is -6.25. The second kappa shape index (κ2) is 8.83. The lowest BCUT2D eigenvalue weighted by atomic mass is 9.92. The molecular weight excluding hydrogens is 493 g/mol. The zero-order chi connectivity index (χ0) is 26.6. The molecule has 1 aliphatic rings. The van der Waals surface area contributed by atoms with Gasteiger partial charge in [-0.2, -0.15) is 4.76 Å². The molecule has 0 amide bonds. The van der Waals surface area contributed by atoms with Gasteiger partial charge in [0.25, 0.3) is 5.56 Å². The van der Waals surface area contributed by atoms with Crippen molar-refractivity contribution in [2.24, 2.45) is 10.2 Å². The molecule has 0 saturated carbocycles.